The van der Waals surface area contributed by atoms with E-state index in [1.54, 1.807) is 0 Å². The largest absolute Gasteiger partial charge is 0.505 e. The second-order valence-electron chi connectivity index (χ2n) is 3.55. The quantitative estimate of drug-likeness (QED) is 0.829. The van der Waals surface area contributed by atoms with Crippen molar-refractivity contribution in [3.05, 3.63) is 52.3 Å². The zero-order valence-corrected chi connectivity index (χ0v) is 9.42. The zero-order chi connectivity index (χ0) is 13.1. The number of hydrogen-bond donors (Lipinski definition) is 1. The van der Waals surface area contributed by atoms with E-state index in [0.29, 0.717) is 5.69 Å². The van der Waals surface area contributed by atoms with Crippen molar-refractivity contribution >= 4 is 11.4 Å². The van der Waals surface area contributed by atoms with Crippen LogP contribution in [0.3, 0.4) is 0 Å². The van der Waals surface area contributed by atoms with Crippen LogP contribution < -0.4 is 5.63 Å². The molecule has 92 valence electrons. The molecule has 0 aliphatic rings. The normalized spacial score (nSPS) is 11.0. The minimum Gasteiger partial charge on any atom is -0.505 e. The van der Waals surface area contributed by atoms with E-state index in [0.717, 1.165) is 0 Å². The van der Waals surface area contributed by atoms with Gasteiger partial charge in [-0.3, -0.25) is 0 Å². The van der Waals surface area contributed by atoms with Crippen molar-refractivity contribution in [3.8, 4) is 5.75 Å². The van der Waals surface area contributed by atoms with Crippen molar-refractivity contribution in [2.45, 2.75) is 6.92 Å². The third kappa shape index (κ3) is 2.60. The number of azo groups is 1. The molecule has 2 aromatic rings. The lowest BCUT2D eigenvalue weighted by molar-refractivity contribution is 0.437. The minimum atomic E-state index is -0.779. The number of nitrogens with zero attached hydrogens (tertiary/aromatic N) is 2. The highest BCUT2D eigenvalue weighted by atomic mass is 19.1. The van der Waals surface area contributed by atoms with Gasteiger partial charge in [-0.2, -0.15) is 5.11 Å². The molecule has 0 saturated carbocycles. The maximum absolute atomic E-state index is 12.6. The van der Waals surface area contributed by atoms with Crippen molar-refractivity contribution in [2.24, 2.45) is 10.2 Å². The van der Waals surface area contributed by atoms with Crippen LogP contribution in [0.15, 0.2) is 49.8 Å². The first-order valence-electron chi connectivity index (χ1n) is 5.07. The Morgan fingerprint density at radius 2 is 1.89 bits per heavy atom. The number of aromatic hydroxyl groups is 1. The molecule has 6 heteroatoms. The van der Waals surface area contributed by atoms with Gasteiger partial charge in [-0.15, -0.1) is 5.11 Å². The number of rotatable bonds is 2. The van der Waals surface area contributed by atoms with Gasteiger partial charge in [-0.25, -0.2) is 9.18 Å². The van der Waals surface area contributed by atoms with Crippen molar-refractivity contribution in [1.82, 2.24) is 0 Å². The molecule has 1 heterocycles. The standard InChI is InChI=1S/C12H9FN2O3/c1-7-6-10(16)11(12(17)18-7)15-14-9-4-2-8(13)3-5-9/h2-6,16H,1H3. The molecule has 0 fully saturated rings. The van der Waals surface area contributed by atoms with Crippen LogP contribution in [0.25, 0.3) is 0 Å². The molecule has 1 aromatic heterocycles. The third-order valence-electron chi connectivity index (χ3n) is 2.12. The van der Waals surface area contributed by atoms with Crippen molar-refractivity contribution in [1.29, 1.82) is 0 Å². The second-order valence-corrected chi connectivity index (χ2v) is 3.55. The zero-order valence-electron chi connectivity index (χ0n) is 9.42. The molecule has 1 N–H and O–H groups in total. The fourth-order valence-electron chi connectivity index (χ4n) is 1.30. The van der Waals surface area contributed by atoms with Crippen molar-refractivity contribution in [2.75, 3.05) is 0 Å². The van der Waals surface area contributed by atoms with Gasteiger partial charge in [-0.05, 0) is 31.2 Å². The SMILES string of the molecule is Cc1cc(O)c(N=Nc2ccc(F)cc2)c(=O)o1. The van der Waals surface area contributed by atoms with Gasteiger partial charge in [0.2, 0.25) is 5.69 Å². The second kappa shape index (κ2) is 4.79. The van der Waals surface area contributed by atoms with Crippen LogP contribution in [-0.4, -0.2) is 5.11 Å². The number of hydrogen-bond acceptors (Lipinski definition) is 5. The first kappa shape index (κ1) is 12.0. The molecule has 0 saturated heterocycles. The van der Waals surface area contributed by atoms with E-state index in [9.17, 15) is 14.3 Å². The fraction of sp³-hybridized carbons (Fsp3) is 0.0833. The average Bonchev–Trinajstić information content (AvgIpc) is 2.30. The van der Waals surface area contributed by atoms with Gasteiger partial charge in [-0.1, -0.05) is 0 Å². The van der Waals surface area contributed by atoms with Crippen LogP contribution in [0.1, 0.15) is 5.76 Å². The summed E-state index contributed by atoms with van der Waals surface area (Å²) in [6.07, 6.45) is 0. The summed E-state index contributed by atoms with van der Waals surface area (Å²) in [7, 11) is 0. The molecular weight excluding hydrogens is 239 g/mol. The molecule has 1 aromatic carbocycles. The van der Waals surface area contributed by atoms with E-state index in [1.807, 2.05) is 0 Å². The minimum absolute atomic E-state index is 0.276. The molecule has 18 heavy (non-hydrogen) atoms. The Labute approximate surface area is 101 Å². The van der Waals surface area contributed by atoms with Crippen molar-refractivity contribution in [3.63, 3.8) is 0 Å². The molecule has 0 bridgehead atoms. The molecule has 0 aliphatic heterocycles. The van der Waals surface area contributed by atoms with Crippen LogP contribution >= 0.6 is 0 Å². The van der Waals surface area contributed by atoms with Crippen LogP contribution in [0, 0.1) is 12.7 Å². The van der Waals surface area contributed by atoms with E-state index in [2.05, 4.69) is 10.2 Å². The lowest BCUT2D eigenvalue weighted by Crippen LogP contribution is -1.98. The number of benzene rings is 1. The Kier molecular flexibility index (Phi) is 3.18. The summed E-state index contributed by atoms with van der Waals surface area (Å²) in [5.74, 6) is -0.431. The van der Waals surface area contributed by atoms with Crippen LogP contribution in [0.5, 0.6) is 5.75 Å². The Morgan fingerprint density at radius 1 is 1.22 bits per heavy atom. The van der Waals surface area contributed by atoms with Gasteiger partial charge >= 0.3 is 5.63 Å². The van der Waals surface area contributed by atoms with E-state index in [4.69, 9.17) is 4.42 Å². The summed E-state index contributed by atoms with van der Waals surface area (Å²) in [5, 5.41) is 16.8. The first-order valence-corrected chi connectivity index (χ1v) is 5.07. The van der Waals surface area contributed by atoms with Crippen LogP contribution in [-0.2, 0) is 0 Å². The Morgan fingerprint density at radius 3 is 2.50 bits per heavy atom. The third-order valence-corrected chi connectivity index (χ3v) is 2.12. The summed E-state index contributed by atoms with van der Waals surface area (Å²) in [4.78, 5) is 11.4. The first-order chi connectivity index (χ1) is 8.56. The molecule has 0 aliphatic carbocycles. The van der Waals surface area contributed by atoms with Gasteiger partial charge < -0.3 is 9.52 Å². The van der Waals surface area contributed by atoms with Gasteiger partial charge in [0.25, 0.3) is 0 Å². The number of halogens is 1. The highest BCUT2D eigenvalue weighted by Crippen LogP contribution is 2.24. The predicted molar refractivity (Wildman–Crippen MR) is 62.0 cm³/mol. The lowest BCUT2D eigenvalue weighted by atomic mass is 10.3. The topological polar surface area (TPSA) is 75.2 Å². The Bertz CT molecular complexity index is 647. The maximum Gasteiger partial charge on any atom is 0.367 e. The van der Waals surface area contributed by atoms with Crippen molar-refractivity contribution < 1.29 is 13.9 Å². The lowest BCUT2D eigenvalue weighted by Gasteiger charge is -1.97. The molecule has 2 rings (SSSR count). The summed E-state index contributed by atoms with van der Waals surface area (Å²) < 4.78 is 17.4. The Balaban J connectivity index is 2.35. The Hall–Kier alpha value is -2.50. The number of aryl methyl sites for hydroxylation is 1. The molecule has 5 nitrogen and oxygen atoms in total. The predicted octanol–water partition coefficient (Wildman–Crippen LogP) is 3.21. The summed E-state index contributed by atoms with van der Waals surface area (Å²) in [6, 6.07) is 6.48. The van der Waals surface area contributed by atoms with Gasteiger partial charge in [0.1, 0.15) is 11.6 Å². The molecule has 0 radical (unpaired) electrons. The van der Waals surface area contributed by atoms with Crippen LogP contribution in [0.2, 0.25) is 0 Å². The highest BCUT2D eigenvalue weighted by molar-refractivity contribution is 5.48. The van der Waals surface area contributed by atoms with E-state index in [1.165, 1.54) is 37.3 Å². The van der Waals surface area contributed by atoms with Gasteiger partial charge in [0.05, 0.1) is 5.69 Å². The molecule has 0 unspecified atom stereocenters. The highest BCUT2D eigenvalue weighted by Gasteiger charge is 2.08. The van der Waals surface area contributed by atoms with E-state index >= 15 is 0 Å². The summed E-state index contributed by atoms with van der Waals surface area (Å²) in [5.41, 5.74) is -0.709. The van der Waals surface area contributed by atoms with Gasteiger partial charge in [0.15, 0.2) is 5.75 Å². The molecule has 0 spiro atoms. The molecular formula is C12H9FN2O3. The van der Waals surface area contributed by atoms with Gasteiger partial charge in [0, 0.05) is 6.07 Å². The fourth-order valence-corrected chi connectivity index (χ4v) is 1.30. The average molecular weight is 248 g/mol. The van der Waals surface area contributed by atoms with Crippen LogP contribution in [0.4, 0.5) is 15.8 Å². The smallest absolute Gasteiger partial charge is 0.367 e. The van der Waals surface area contributed by atoms with E-state index < -0.39 is 11.4 Å². The monoisotopic (exact) mass is 248 g/mol. The molecule has 0 amide bonds. The summed E-state index contributed by atoms with van der Waals surface area (Å²) >= 11 is 0. The van der Waals surface area contributed by atoms with E-state index in [-0.39, 0.29) is 17.2 Å². The summed E-state index contributed by atoms with van der Waals surface area (Å²) in [6.45, 7) is 1.53. The molecule has 0 atom stereocenters. The maximum atomic E-state index is 12.6.